The highest BCUT2D eigenvalue weighted by Crippen LogP contribution is 2.43. The van der Waals surface area contributed by atoms with Crippen molar-refractivity contribution in [2.45, 2.75) is 39.1 Å². The fourth-order valence-electron chi connectivity index (χ4n) is 3.04. The van der Waals surface area contributed by atoms with E-state index >= 15 is 0 Å². The lowest BCUT2D eigenvalue weighted by molar-refractivity contribution is -0.0531. The summed E-state index contributed by atoms with van der Waals surface area (Å²) < 4.78 is 70.3. The van der Waals surface area contributed by atoms with Crippen molar-refractivity contribution in [2.75, 3.05) is 6.61 Å². The first kappa shape index (κ1) is 24.5. The summed E-state index contributed by atoms with van der Waals surface area (Å²) >= 11 is 0. The largest absolute Gasteiger partial charge is 0.534 e. The first-order valence-corrected chi connectivity index (χ1v) is 10.9. The molecule has 1 aromatic carbocycles. The van der Waals surface area contributed by atoms with Crippen molar-refractivity contribution in [2.24, 2.45) is 11.3 Å². The van der Waals surface area contributed by atoms with Crippen molar-refractivity contribution in [3.63, 3.8) is 0 Å². The van der Waals surface area contributed by atoms with Crippen LogP contribution in [-0.4, -0.2) is 26.5 Å². The van der Waals surface area contributed by atoms with Crippen LogP contribution < -0.4 is 0 Å². The SMILES string of the molecule is CCOC(=O)c1ccc(C#C/C=C/C2C(OS(=O)(=O)C(F)(F)F)=CCCC2(C)C)cc1. The van der Waals surface area contributed by atoms with Crippen LogP contribution in [0, 0.1) is 23.2 Å². The Morgan fingerprint density at radius 1 is 1.26 bits per heavy atom. The average Bonchev–Trinajstić information content (AvgIpc) is 2.66. The van der Waals surface area contributed by atoms with Crippen LogP contribution in [-0.2, 0) is 19.0 Å². The van der Waals surface area contributed by atoms with Gasteiger partial charge in [-0.05, 0) is 61.6 Å². The number of esters is 1. The molecule has 5 nitrogen and oxygen atoms in total. The third-order valence-electron chi connectivity index (χ3n) is 4.76. The average molecular weight is 456 g/mol. The monoisotopic (exact) mass is 456 g/mol. The highest BCUT2D eigenvalue weighted by atomic mass is 32.2. The van der Waals surface area contributed by atoms with Crippen molar-refractivity contribution < 1.29 is 35.3 Å². The van der Waals surface area contributed by atoms with E-state index in [0.717, 1.165) is 0 Å². The van der Waals surface area contributed by atoms with Crippen LogP contribution in [0.5, 0.6) is 0 Å². The van der Waals surface area contributed by atoms with E-state index in [1.54, 1.807) is 31.2 Å². The Hall–Kier alpha value is -2.73. The number of halogens is 3. The maximum absolute atomic E-state index is 12.7. The zero-order chi connectivity index (χ0) is 23.3. The Morgan fingerprint density at radius 2 is 1.90 bits per heavy atom. The molecule has 9 heteroatoms. The van der Waals surface area contributed by atoms with Crippen molar-refractivity contribution in [1.82, 2.24) is 0 Å². The van der Waals surface area contributed by atoms with E-state index in [-0.39, 0.29) is 12.4 Å². The van der Waals surface area contributed by atoms with Crippen LogP contribution in [0.1, 0.15) is 49.5 Å². The molecule has 1 aliphatic carbocycles. The Kier molecular flexibility index (Phi) is 7.60. The summed E-state index contributed by atoms with van der Waals surface area (Å²) in [7, 11) is -5.75. The Bertz CT molecular complexity index is 1020. The standard InChI is InChI=1S/C22H23F3O5S/c1-4-29-20(26)17-13-11-16(12-14-17)8-5-6-9-18-19(10-7-15-21(18,2)3)30-31(27,28)22(23,24)25/h6,9-14,18H,4,7,15H2,1-3H3/b9-6+. The van der Waals surface area contributed by atoms with Crippen LogP contribution >= 0.6 is 0 Å². The topological polar surface area (TPSA) is 69.7 Å². The van der Waals surface area contributed by atoms with E-state index in [9.17, 15) is 26.4 Å². The molecular weight excluding hydrogens is 433 g/mol. The minimum atomic E-state index is -5.75. The molecule has 0 fully saturated rings. The molecule has 0 aliphatic heterocycles. The number of benzene rings is 1. The smallest absolute Gasteiger partial charge is 0.462 e. The number of allylic oxidation sites excluding steroid dienone is 3. The summed E-state index contributed by atoms with van der Waals surface area (Å²) in [6.45, 7) is 5.62. The van der Waals surface area contributed by atoms with E-state index in [1.165, 1.54) is 18.2 Å². The highest BCUT2D eigenvalue weighted by Gasteiger charge is 2.50. The lowest BCUT2D eigenvalue weighted by atomic mass is 9.71. The lowest BCUT2D eigenvalue weighted by Gasteiger charge is -2.36. The third-order valence-corrected chi connectivity index (χ3v) is 5.74. The van der Waals surface area contributed by atoms with Gasteiger partial charge in [-0.15, -0.1) is 0 Å². The van der Waals surface area contributed by atoms with Gasteiger partial charge in [0.25, 0.3) is 0 Å². The fraction of sp³-hybridized carbons (Fsp3) is 0.409. The molecule has 168 valence electrons. The molecule has 1 unspecified atom stereocenters. The number of ether oxygens (including phenoxy) is 1. The Labute approximate surface area is 180 Å². The van der Waals surface area contributed by atoms with Gasteiger partial charge in [-0.1, -0.05) is 31.8 Å². The second kappa shape index (κ2) is 9.60. The molecule has 0 amide bonds. The zero-order valence-electron chi connectivity index (χ0n) is 17.3. The third kappa shape index (κ3) is 6.37. The van der Waals surface area contributed by atoms with Crippen molar-refractivity contribution in [1.29, 1.82) is 0 Å². The molecule has 0 bridgehead atoms. The van der Waals surface area contributed by atoms with Crippen molar-refractivity contribution >= 4 is 16.1 Å². The van der Waals surface area contributed by atoms with Crippen LogP contribution in [0.4, 0.5) is 13.2 Å². The minimum absolute atomic E-state index is 0.259. The quantitative estimate of drug-likeness (QED) is 0.271. The second-order valence-electron chi connectivity index (χ2n) is 7.52. The number of hydrogen-bond donors (Lipinski definition) is 0. The van der Waals surface area contributed by atoms with Crippen LogP contribution in [0.2, 0.25) is 0 Å². The lowest BCUT2D eigenvalue weighted by Crippen LogP contribution is -2.32. The summed E-state index contributed by atoms with van der Waals surface area (Å²) in [5.74, 6) is 4.23. The van der Waals surface area contributed by atoms with Crippen molar-refractivity contribution in [3.8, 4) is 11.8 Å². The van der Waals surface area contributed by atoms with Gasteiger partial charge < -0.3 is 8.92 Å². The van der Waals surface area contributed by atoms with Gasteiger partial charge in [0.15, 0.2) is 0 Å². The van der Waals surface area contributed by atoms with Crippen molar-refractivity contribution in [3.05, 3.63) is 59.4 Å². The number of carbonyl (C=O) groups excluding carboxylic acids is 1. The van der Waals surface area contributed by atoms with E-state index in [1.807, 2.05) is 13.8 Å². The molecule has 0 aromatic heterocycles. The predicted molar refractivity (Wildman–Crippen MR) is 109 cm³/mol. The normalized spacial score (nSPS) is 18.6. The molecule has 0 N–H and O–H groups in total. The van der Waals surface area contributed by atoms with Gasteiger partial charge in [-0.2, -0.15) is 21.6 Å². The molecule has 1 aromatic rings. The number of hydrogen-bond acceptors (Lipinski definition) is 5. The molecule has 0 saturated heterocycles. The van der Waals surface area contributed by atoms with Gasteiger partial charge in [0.2, 0.25) is 0 Å². The molecular formula is C22H23F3O5S. The fourth-order valence-corrected chi connectivity index (χ4v) is 3.56. The van der Waals surface area contributed by atoms with Gasteiger partial charge in [0, 0.05) is 11.5 Å². The van der Waals surface area contributed by atoms with Gasteiger partial charge in [0.1, 0.15) is 5.76 Å². The first-order chi connectivity index (χ1) is 14.4. The Balaban J connectivity index is 2.18. The number of carbonyl (C=O) groups is 1. The summed E-state index contributed by atoms with van der Waals surface area (Å²) in [6.07, 6.45) is 5.40. The zero-order valence-corrected chi connectivity index (χ0v) is 18.1. The maximum Gasteiger partial charge on any atom is 0.534 e. The van der Waals surface area contributed by atoms with E-state index in [4.69, 9.17) is 4.74 Å². The summed E-state index contributed by atoms with van der Waals surface area (Å²) in [6, 6.07) is 6.43. The second-order valence-corrected chi connectivity index (χ2v) is 9.06. The number of rotatable bonds is 5. The molecule has 0 spiro atoms. The Morgan fingerprint density at radius 3 is 2.48 bits per heavy atom. The molecule has 2 rings (SSSR count). The summed E-state index contributed by atoms with van der Waals surface area (Å²) in [5.41, 5.74) is -5.01. The van der Waals surface area contributed by atoms with E-state index in [0.29, 0.717) is 24.0 Å². The van der Waals surface area contributed by atoms with E-state index in [2.05, 4.69) is 16.0 Å². The van der Waals surface area contributed by atoms with Gasteiger partial charge in [-0.25, -0.2) is 4.79 Å². The van der Waals surface area contributed by atoms with Gasteiger partial charge >= 0.3 is 21.6 Å². The molecule has 1 aliphatic rings. The van der Waals surface area contributed by atoms with Crippen LogP contribution in [0.3, 0.4) is 0 Å². The summed E-state index contributed by atoms with van der Waals surface area (Å²) in [5, 5.41) is 0. The molecule has 0 heterocycles. The van der Waals surface area contributed by atoms with Crippen LogP contribution in [0.25, 0.3) is 0 Å². The number of alkyl halides is 3. The van der Waals surface area contributed by atoms with E-state index < -0.39 is 32.9 Å². The minimum Gasteiger partial charge on any atom is -0.462 e. The van der Waals surface area contributed by atoms with Gasteiger partial charge in [-0.3, -0.25) is 0 Å². The van der Waals surface area contributed by atoms with Gasteiger partial charge in [0.05, 0.1) is 12.2 Å². The first-order valence-electron chi connectivity index (χ1n) is 9.53. The molecule has 0 radical (unpaired) electrons. The molecule has 0 saturated carbocycles. The highest BCUT2D eigenvalue weighted by molar-refractivity contribution is 7.87. The maximum atomic E-state index is 12.7. The molecule has 1 atom stereocenters. The summed E-state index contributed by atoms with van der Waals surface area (Å²) in [4.78, 5) is 11.6. The molecule has 31 heavy (non-hydrogen) atoms. The predicted octanol–water partition coefficient (Wildman–Crippen LogP) is 4.96. The van der Waals surface area contributed by atoms with Crippen LogP contribution in [0.15, 0.2) is 48.3 Å².